The quantitative estimate of drug-likeness (QED) is 0.402. The molecular weight excluding hydrogens is 454 g/mol. The highest BCUT2D eigenvalue weighted by atomic mass is 16.5. The first-order valence-electron chi connectivity index (χ1n) is 12.1. The van der Waals surface area contributed by atoms with Crippen molar-refractivity contribution in [3.63, 3.8) is 0 Å². The molecule has 36 heavy (non-hydrogen) atoms. The first-order chi connectivity index (χ1) is 17.7. The number of imidazole rings is 1. The van der Waals surface area contributed by atoms with Crippen LogP contribution in [-0.4, -0.2) is 65.5 Å². The highest BCUT2D eigenvalue weighted by Gasteiger charge is 2.15. The van der Waals surface area contributed by atoms with E-state index < -0.39 is 0 Å². The van der Waals surface area contributed by atoms with Gasteiger partial charge in [0.05, 0.1) is 37.7 Å². The second kappa shape index (κ2) is 11.2. The third kappa shape index (κ3) is 5.62. The number of aromatic nitrogens is 2. The lowest BCUT2D eigenvalue weighted by molar-refractivity contribution is -0.115. The van der Waals surface area contributed by atoms with Crippen molar-refractivity contribution in [3.05, 3.63) is 90.5 Å². The van der Waals surface area contributed by atoms with Crippen molar-refractivity contribution in [2.75, 3.05) is 44.7 Å². The monoisotopic (exact) mass is 483 g/mol. The average Bonchev–Trinajstić information content (AvgIpc) is 3.40. The van der Waals surface area contributed by atoms with Gasteiger partial charge >= 0.3 is 0 Å². The fourth-order valence-corrected chi connectivity index (χ4v) is 4.43. The number of benzene rings is 2. The molecule has 8 heteroatoms. The van der Waals surface area contributed by atoms with Gasteiger partial charge in [0.15, 0.2) is 0 Å². The zero-order valence-corrected chi connectivity index (χ0v) is 20.0. The Labute approximate surface area is 209 Å². The average molecular weight is 484 g/mol. The molecular formula is C28H29N5O3. The molecule has 2 amide bonds. The number of carbonyl (C=O) groups excluding carboxylic acids is 2. The van der Waals surface area contributed by atoms with Crippen molar-refractivity contribution in [1.82, 2.24) is 19.6 Å². The van der Waals surface area contributed by atoms with Gasteiger partial charge in [0.1, 0.15) is 0 Å². The number of anilines is 1. The summed E-state index contributed by atoms with van der Waals surface area (Å²) < 4.78 is 7.30. The van der Waals surface area contributed by atoms with E-state index in [4.69, 9.17) is 4.74 Å². The molecule has 0 unspecified atom stereocenters. The Balaban J connectivity index is 1.21. The van der Waals surface area contributed by atoms with Crippen molar-refractivity contribution < 1.29 is 14.3 Å². The largest absolute Gasteiger partial charge is 0.379 e. The molecule has 5 rings (SSSR count). The van der Waals surface area contributed by atoms with Gasteiger partial charge in [0.2, 0.25) is 5.91 Å². The Bertz CT molecular complexity index is 1330. The zero-order valence-electron chi connectivity index (χ0n) is 20.0. The molecule has 0 saturated carbocycles. The van der Waals surface area contributed by atoms with Crippen LogP contribution in [-0.2, 0) is 16.0 Å². The maximum absolute atomic E-state index is 13.0. The first kappa shape index (κ1) is 23.7. The van der Waals surface area contributed by atoms with Gasteiger partial charge in [-0.15, -0.1) is 0 Å². The van der Waals surface area contributed by atoms with Gasteiger partial charge in [-0.2, -0.15) is 0 Å². The van der Waals surface area contributed by atoms with Gasteiger partial charge in [0.25, 0.3) is 5.91 Å². The fraction of sp³-hybridized carbons (Fsp3) is 0.250. The van der Waals surface area contributed by atoms with Crippen LogP contribution < -0.4 is 10.6 Å². The first-order valence-corrected chi connectivity index (χ1v) is 12.1. The van der Waals surface area contributed by atoms with Crippen LogP contribution in [0.25, 0.3) is 16.6 Å². The summed E-state index contributed by atoms with van der Waals surface area (Å²) in [6, 6.07) is 21.0. The van der Waals surface area contributed by atoms with E-state index >= 15 is 0 Å². The predicted molar refractivity (Wildman–Crippen MR) is 139 cm³/mol. The number of fused-ring (bicyclic) bond motifs is 1. The Morgan fingerprint density at radius 3 is 2.50 bits per heavy atom. The second-order valence-corrected chi connectivity index (χ2v) is 8.76. The standard InChI is InChI=1S/C28H29N5O3/c34-27(18-26-25(21-4-2-1-3-5-21)11-10-24-19-29-20-33(24)26)31-23-8-6-22(7-9-23)28(35)30-12-13-32-14-16-36-17-15-32/h1-11,19-20H,12-18H2,(H,30,35)(H,31,34). The number of hydrogen-bond acceptors (Lipinski definition) is 5. The SMILES string of the molecule is O=C(Cc1c(-c2ccccc2)ccc2cncn12)Nc1ccc(C(=O)NCCN2CCOCC2)cc1. The van der Waals surface area contributed by atoms with Gasteiger partial charge in [0, 0.05) is 48.7 Å². The Kier molecular flexibility index (Phi) is 7.35. The minimum absolute atomic E-state index is 0.125. The zero-order chi connectivity index (χ0) is 24.7. The predicted octanol–water partition coefficient (Wildman–Crippen LogP) is 3.24. The topological polar surface area (TPSA) is 88.0 Å². The van der Waals surface area contributed by atoms with Crippen molar-refractivity contribution >= 4 is 23.0 Å². The van der Waals surface area contributed by atoms with Gasteiger partial charge in [-0.3, -0.25) is 14.5 Å². The highest BCUT2D eigenvalue weighted by molar-refractivity contribution is 5.96. The van der Waals surface area contributed by atoms with Gasteiger partial charge in [-0.1, -0.05) is 36.4 Å². The molecule has 0 radical (unpaired) electrons. The van der Waals surface area contributed by atoms with Crippen molar-refractivity contribution in [2.24, 2.45) is 0 Å². The molecule has 2 aromatic carbocycles. The van der Waals surface area contributed by atoms with Crippen LogP contribution in [0.1, 0.15) is 16.1 Å². The Hall–Kier alpha value is -4.01. The van der Waals surface area contributed by atoms with Crippen molar-refractivity contribution in [1.29, 1.82) is 0 Å². The third-order valence-electron chi connectivity index (χ3n) is 6.35. The molecule has 2 aromatic heterocycles. The molecule has 1 fully saturated rings. The number of morpholine rings is 1. The van der Waals surface area contributed by atoms with Crippen LogP contribution in [0.4, 0.5) is 5.69 Å². The highest BCUT2D eigenvalue weighted by Crippen LogP contribution is 2.26. The van der Waals surface area contributed by atoms with E-state index in [1.54, 1.807) is 36.8 Å². The maximum atomic E-state index is 13.0. The molecule has 3 heterocycles. The molecule has 1 aliphatic heterocycles. The summed E-state index contributed by atoms with van der Waals surface area (Å²) in [7, 11) is 0. The fourth-order valence-electron chi connectivity index (χ4n) is 4.43. The summed E-state index contributed by atoms with van der Waals surface area (Å²) in [4.78, 5) is 32.0. The van der Waals surface area contributed by atoms with Crippen LogP contribution in [0, 0.1) is 0 Å². The summed E-state index contributed by atoms with van der Waals surface area (Å²) in [5.74, 6) is -0.267. The van der Waals surface area contributed by atoms with E-state index in [1.807, 2.05) is 46.9 Å². The molecule has 8 nitrogen and oxygen atoms in total. The molecule has 2 N–H and O–H groups in total. The number of nitrogens with one attached hydrogen (secondary N) is 2. The summed E-state index contributed by atoms with van der Waals surface area (Å²) >= 11 is 0. The molecule has 0 spiro atoms. The van der Waals surface area contributed by atoms with Crippen LogP contribution in [0.3, 0.4) is 0 Å². The number of amides is 2. The van der Waals surface area contributed by atoms with E-state index in [2.05, 4.69) is 20.5 Å². The molecule has 0 bridgehead atoms. The minimum Gasteiger partial charge on any atom is -0.379 e. The molecule has 184 valence electrons. The number of rotatable bonds is 8. The van der Waals surface area contributed by atoms with Crippen molar-refractivity contribution in [2.45, 2.75) is 6.42 Å². The van der Waals surface area contributed by atoms with E-state index in [9.17, 15) is 9.59 Å². The van der Waals surface area contributed by atoms with Crippen LogP contribution in [0.15, 0.2) is 79.3 Å². The van der Waals surface area contributed by atoms with Crippen LogP contribution in [0.2, 0.25) is 0 Å². The van der Waals surface area contributed by atoms with Crippen LogP contribution >= 0.6 is 0 Å². The van der Waals surface area contributed by atoms with E-state index in [1.165, 1.54) is 0 Å². The summed E-state index contributed by atoms with van der Waals surface area (Å²) in [5, 5.41) is 5.91. The lowest BCUT2D eigenvalue weighted by atomic mass is 10.0. The molecule has 4 aromatic rings. The summed E-state index contributed by atoms with van der Waals surface area (Å²) in [6.45, 7) is 4.66. The lowest BCUT2D eigenvalue weighted by Crippen LogP contribution is -2.41. The number of carbonyl (C=O) groups is 2. The number of ether oxygens (including phenoxy) is 1. The third-order valence-corrected chi connectivity index (χ3v) is 6.35. The Morgan fingerprint density at radius 2 is 1.72 bits per heavy atom. The lowest BCUT2D eigenvalue weighted by Gasteiger charge is -2.26. The summed E-state index contributed by atoms with van der Waals surface area (Å²) in [6.07, 6.45) is 3.69. The van der Waals surface area contributed by atoms with E-state index in [-0.39, 0.29) is 18.2 Å². The Morgan fingerprint density at radius 1 is 0.944 bits per heavy atom. The molecule has 1 aliphatic rings. The van der Waals surface area contributed by atoms with Gasteiger partial charge in [-0.05, 0) is 35.9 Å². The van der Waals surface area contributed by atoms with E-state index in [0.717, 1.165) is 55.2 Å². The minimum atomic E-state index is -0.143. The smallest absolute Gasteiger partial charge is 0.251 e. The van der Waals surface area contributed by atoms with Crippen molar-refractivity contribution in [3.8, 4) is 11.1 Å². The maximum Gasteiger partial charge on any atom is 0.251 e. The number of pyridine rings is 1. The molecule has 0 atom stereocenters. The van der Waals surface area contributed by atoms with Crippen LogP contribution in [0.5, 0.6) is 0 Å². The van der Waals surface area contributed by atoms with E-state index in [0.29, 0.717) is 17.8 Å². The number of nitrogens with zero attached hydrogens (tertiary/aromatic N) is 3. The normalized spacial score (nSPS) is 14.0. The molecule has 1 saturated heterocycles. The van der Waals surface area contributed by atoms with Gasteiger partial charge in [-0.25, -0.2) is 4.98 Å². The second-order valence-electron chi connectivity index (χ2n) is 8.76. The molecule has 0 aliphatic carbocycles. The summed E-state index contributed by atoms with van der Waals surface area (Å²) in [5.41, 5.74) is 5.03. The van der Waals surface area contributed by atoms with Gasteiger partial charge < -0.3 is 19.8 Å². The number of hydrogen-bond donors (Lipinski definition) is 2.